The summed E-state index contributed by atoms with van der Waals surface area (Å²) in [5.41, 5.74) is 1.55. The molecule has 17 heavy (non-hydrogen) atoms. The molecule has 0 bridgehead atoms. The number of pyridine rings is 1. The molecule has 1 N–H and O–H groups in total. The Bertz CT molecular complexity index is 592. The summed E-state index contributed by atoms with van der Waals surface area (Å²) in [6.45, 7) is 3.54. The molecule has 0 fully saturated rings. The molecule has 2 aromatic heterocycles. The first-order valence-electron chi connectivity index (χ1n) is 4.92. The van der Waals surface area contributed by atoms with E-state index in [2.05, 4.69) is 10.1 Å². The smallest absolute Gasteiger partial charge is 0.339 e. The highest BCUT2D eigenvalue weighted by Crippen LogP contribution is 2.18. The third kappa shape index (κ3) is 2.01. The van der Waals surface area contributed by atoms with E-state index in [-0.39, 0.29) is 5.56 Å². The number of aromatic nitrogens is 3. The van der Waals surface area contributed by atoms with Crippen LogP contribution >= 0.6 is 11.6 Å². The third-order valence-electron chi connectivity index (χ3n) is 2.48. The van der Waals surface area contributed by atoms with Gasteiger partial charge < -0.3 is 5.11 Å². The second kappa shape index (κ2) is 4.18. The largest absolute Gasteiger partial charge is 0.478 e. The van der Waals surface area contributed by atoms with Gasteiger partial charge in [0, 0.05) is 0 Å². The van der Waals surface area contributed by atoms with Gasteiger partial charge in [0.15, 0.2) is 5.82 Å². The third-order valence-corrected chi connectivity index (χ3v) is 2.69. The molecule has 0 saturated heterocycles. The maximum Gasteiger partial charge on any atom is 0.339 e. The predicted octanol–water partition coefficient (Wildman–Crippen LogP) is 2.24. The van der Waals surface area contributed by atoms with E-state index >= 15 is 0 Å². The SMILES string of the molecule is Cc1ccc(Cl)nc1-n1ncc(C(=O)O)c1C. The summed E-state index contributed by atoms with van der Waals surface area (Å²) >= 11 is 5.82. The van der Waals surface area contributed by atoms with Crippen LogP contribution in [0.15, 0.2) is 18.3 Å². The van der Waals surface area contributed by atoms with E-state index in [0.717, 1.165) is 5.56 Å². The summed E-state index contributed by atoms with van der Waals surface area (Å²) in [6, 6.07) is 3.49. The summed E-state index contributed by atoms with van der Waals surface area (Å²) in [4.78, 5) is 15.1. The van der Waals surface area contributed by atoms with Crippen LogP contribution in [0.1, 0.15) is 21.6 Å². The van der Waals surface area contributed by atoms with Gasteiger partial charge in [-0.1, -0.05) is 17.7 Å². The number of nitrogens with zero attached hydrogens (tertiary/aromatic N) is 3. The van der Waals surface area contributed by atoms with Crippen molar-refractivity contribution in [1.82, 2.24) is 14.8 Å². The minimum absolute atomic E-state index is 0.158. The van der Waals surface area contributed by atoms with Gasteiger partial charge in [-0.3, -0.25) is 0 Å². The fraction of sp³-hybridized carbons (Fsp3) is 0.182. The van der Waals surface area contributed by atoms with E-state index in [1.165, 1.54) is 10.9 Å². The lowest BCUT2D eigenvalue weighted by Gasteiger charge is -2.07. The Balaban J connectivity index is 2.61. The molecule has 0 aliphatic rings. The van der Waals surface area contributed by atoms with Gasteiger partial charge in [0.25, 0.3) is 0 Å². The number of aryl methyl sites for hydroxylation is 1. The highest BCUT2D eigenvalue weighted by Gasteiger charge is 2.15. The molecule has 2 aromatic rings. The molecule has 0 unspecified atom stereocenters. The van der Waals surface area contributed by atoms with Crippen LogP contribution in [0.2, 0.25) is 5.15 Å². The average molecular weight is 252 g/mol. The van der Waals surface area contributed by atoms with Crippen molar-refractivity contribution in [2.75, 3.05) is 0 Å². The molecule has 5 nitrogen and oxygen atoms in total. The Morgan fingerprint density at radius 3 is 2.71 bits per heavy atom. The second-order valence-corrected chi connectivity index (χ2v) is 4.02. The topological polar surface area (TPSA) is 68.0 Å². The van der Waals surface area contributed by atoms with E-state index in [1.54, 1.807) is 13.0 Å². The lowest BCUT2D eigenvalue weighted by Crippen LogP contribution is -2.06. The van der Waals surface area contributed by atoms with E-state index in [1.807, 2.05) is 13.0 Å². The number of carboxylic acids is 1. The summed E-state index contributed by atoms with van der Waals surface area (Å²) in [7, 11) is 0. The Morgan fingerprint density at radius 1 is 1.41 bits per heavy atom. The first-order valence-corrected chi connectivity index (χ1v) is 5.30. The molecule has 0 aliphatic carbocycles. The first kappa shape index (κ1) is 11.6. The minimum Gasteiger partial charge on any atom is -0.478 e. The van der Waals surface area contributed by atoms with Gasteiger partial charge in [0.1, 0.15) is 10.7 Å². The molecule has 2 heterocycles. The highest BCUT2D eigenvalue weighted by atomic mass is 35.5. The summed E-state index contributed by atoms with van der Waals surface area (Å²) in [6.07, 6.45) is 1.31. The van der Waals surface area contributed by atoms with Gasteiger partial charge in [-0.05, 0) is 25.5 Å². The Hall–Kier alpha value is -1.88. The van der Waals surface area contributed by atoms with Crippen molar-refractivity contribution in [3.63, 3.8) is 0 Å². The maximum absolute atomic E-state index is 10.9. The van der Waals surface area contributed by atoms with Gasteiger partial charge in [-0.2, -0.15) is 5.10 Å². The van der Waals surface area contributed by atoms with E-state index in [0.29, 0.717) is 16.7 Å². The molecule has 0 amide bonds. The number of carboxylic acid groups (broad SMARTS) is 1. The number of halogens is 1. The van der Waals surface area contributed by atoms with Crippen LogP contribution < -0.4 is 0 Å². The molecule has 88 valence electrons. The zero-order valence-corrected chi connectivity index (χ0v) is 10.1. The standard InChI is InChI=1S/C11H10ClN3O2/c1-6-3-4-9(12)14-10(6)15-7(2)8(5-13-15)11(16)17/h3-5H,1-2H3,(H,16,17). The fourth-order valence-corrected chi connectivity index (χ4v) is 1.69. The fourth-order valence-electron chi connectivity index (χ4n) is 1.54. The van der Waals surface area contributed by atoms with E-state index in [9.17, 15) is 4.79 Å². The molecular weight excluding hydrogens is 242 g/mol. The van der Waals surface area contributed by atoms with E-state index < -0.39 is 5.97 Å². The number of aromatic carboxylic acids is 1. The van der Waals surface area contributed by atoms with Gasteiger partial charge in [-0.25, -0.2) is 14.5 Å². The van der Waals surface area contributed by atoms with Gasteiger partial charge >= 0.3 is 5.97 Å². The van der Waals surface area contributed by atoms with Crippen molar-refractivity contribution in [2.24, 2.45) is 0 Å². The number of hydrogen-bond acceptors (Lipinski definition) is 3. The first-order chi connectivity index (χ1) is 8.00. The predicted molar refractivity (Wildman–Crippen MR) is 62.8 cm³/mol. The van der Waals surface area contributed by atoms with Crippen LogP contribution in [0.4, 0.5) is 0 Å². The minimum atomic E-state index is -1.01. The molecule has 0 spiro atoms. The van der Waals surface area contributed by atoms with Crippen molar-refractivity contribution in [3.8, 4) is 5.82 Å². The Labute approximate surface area is 103 Å². The molecule has 6 heteroatoms. The average Bonchev–Trinajstić information content (AvgIpc) is 2.64. The molecular formula is C11H10ClN3O2. The number of carbonyl (C=O) groups is 1. The zero-order chi connectivity index (χ0) is 12.6. The maximum atomic E-state index is 10.9. The highest BCUT2D eigenvalue weighted by molar-refractivity contribution is 6.29. The summed E-state index contributed by atoms with van der Waals surface area (Å²) < 4.78 is 1.48. The molecule has 2 rings (SSSR count). The Kier molecular flexibility index (Phi) is 2.85. The van der Waals surface area contributed by atoms with Crippen LogP contribution in [0.25, 0.3) is 5.82 Å². The summed E-state index contributed by atoms with van der Waals surface area (Å²) in [5.74, 6) is -0.462. The Morgan fingerprint density at radius 2 is 2.12 bits per heavy atom. The van der Waals surface area contributed by atoms with Crippen LogP contribution in [0.3, 0.4) is 0 Å². The number of rotatable bonds is 2. The quantitative estimate of drug-likeness (QED) is 0.831. The van der Waals surface area contributed by atoms with Crippen LogP contribution in [-0.2, 0) is 0 Å². The van der Waals surface area contributed by atoms with Crippen LogP contribution in [-0.4, -0.2) is 25.8 Å². The normalized spacial score (nSPS) is 10.5. The molecule has 0 aliphatic heterocycles. The van der Waals surface area contributed by atoms with Crippen molar-refractivity contribution in [1.29, 1.82) is 0 Å². The van der Waals surface area contributed by atoms with Gasteiger partial charge in [0.2, 0.25) is 0 Å². The lowest BCUT2D eigenvalue weighted by molar-refractivity contribution is 0.0696. The van der Waals surface area contributed by atoms with E-state index in [4.69, 9.17) is 16.7 Å². The van der Waals surface area contributed by atoms with Gasteiger partial charge in [-0.15, -0.1) is 0 Å². The van der Waals surface area contributed by atoms with Crippen molar-refractivity contribution in [3.05, 3.63) is 40.3 Å². The van der Waals surface area contributed by atoms with Crippen molar-refractivity contribution < 1.29 is 9.90 Å². The second-order valence-electron chi connectivity index (χ2n) is 3.64. The summed E-state index contributed by atoms with van der Waals surface area (Å²) in [5, 5.41) is 13.3. The zero-order valence-electron chi connectivity index (χ0n) is 9.31. The van der Waals surface area contributed by atoms with Gasteiger partial charge in [0.05, 0.1) is 11.9 Å². The molecule has 0 atom stereocenters. The molecule has 0 radical (unpaired) electrons. The van der Waals surface area contributed by atoms with Crippen LogP contribution in [0, 0.1) is 13.8 Å². The lowest BCUT2D eigenvalue weighted by atomic mass is 10.2. The number of hydrogen-bond donors (Lipinski definition) is 1. The molecule has 0 aromatic carbocycles. The monoisotopic (exact) mass is 251 g/mol. The van der Waals surface area contributed by atoms with Crippen LogP contribution in [0.5, 0.6) is 0 Å². The molecule has 0 saturated carbocycles. The van der Waals surface area contributed by atoms with Crippen molar-refractivity contribution in [2.45, 2.75) is 13.8 Å². The van der Waals surface area contributed by atoms with Crippen molar-refractivity contribution >= 4 is 17.6 Å².